The molecule has 0 spiro atoms. The normalized spacial score (nSPS) is 9.89. The van der Waals surface area contributed by atoms with Gasteiger partial charge in [0, 0.05) is 10.1 Å². The van der Waals surface area contributed by atoms with Gasteiger partial charge >= 0.3 is 6.09 Å². The summed E-state index contributed by atoms with van der Waals surface area (Å²) in [7, 11) is 3.21. The number of carbonyl (C=O) groups is 1. The summed E-state index contributed by atoms with van der Waals surface area (Å²) < 4.78 is 16.3. The first-order chi connectivity index (χ1) is 9.12. The fourth-order valence-corrected chi connectivity index (χ4v) is 2.28. The Balaban J connectivity index is 2.65. The van der Waals surface area contributed by atoms with Crippen LogP contribution in [0.4, 0.5) is 4.79 Å². The Morgan fingerprint density at radius 1 is 1.26 bits per heavy atom. The summed E-state index contributed by atoms with van der Waals surface area (Å²) in [5, 5.41) is 2.69. The van der Waals surface area contributed by atoms with E-state index in [0.29, 0.717) is 31.1 Å². The molecular formula is C13H18INO4. The molecule has 0 saturated carbocycles. The number of hydrogen-bond acceptors (Lipinski definition) is 4. The summed E-state index contributed by atoms with van der Waals surface area (Å²) in [6.45, 7) is 2.67. The molecule has 0 atom stereocenters. The van der Waals surface area contributed by atoms with E-state index in [1.165, 1.54) is 0 Å². The Morgan fingerprint density at radius 3 is 2.47 bits per heavy atom. The average Bonchev–Trinajstić information content (AvgIpc) is 2.40. The van der Waals surface area contributed by atoms with Gasteiger partial charge in [0.25, 0.3) is 0 Å². The van der Waals surface area contributed by atoms with E-state index in [2.05, 4.69) is 27.9 Å². The molecule has 1 aromatic carbocycles. The monoisotopic (exact) mass is 379 g/mol. The van der Waals surface area contributed by atoms with Crippen molar-refractivity contribution < 1.29 is 19.0 Å². The van der Waals surface area contributed by atoms with E-state index in [1.54, 1.807) is 21.1 Å². The Hall–Kier alpha value is -1.18. The van der Waals surface area contributed by atoms with Crippen molar-refractivity contribution in [3.8, 4) is 11.5 Å². The standard InChI is InChI=1S/C13H18INO4/c1-4-19-13(16)15-6-5-9-7-11(17-2)12(18-3)8-10(9)14/h7-8H,4-6H2,1-3H3,(H,15,16). The maximum absolute atomic E-state index is 11.2. The van der Waals surface area contributed by atoms with Crippen molar-refractivity contribution in [2.75, 3.05) is 27.4 Å². The summed E-state index contributed by atoms with van der Waals surface area (Å²) in [5.74, 6) is 1.39. The zero-order chi connectivity index (χ0) is 14.3. The highest BCUT2D eigenvalue weighted by atomic mass is 127. The van der Waals surface area contributed by atoms with Crippen molar-refractivity contribution in [1.29, 1.82) is 0 Å². The maximum Gasteiger partial charge on any atom is 0.407 e. The lowest BCUT2D eigenvalue weighted by molar-refractivity contribution is 0.152. The van der Waals surface area contributed by atoms with Gasteiger partial charge in [0.15, 0.2) is 11.5 Å². The van der Waals surface area contributed by atoms with Crippen LogP contribution in [0.1, 0.15) is 12.5 Å². The third-order valence-corrected chi connectivity index (χ3v) is 3.50. The van der Waals surface area contributed by atoms with Crippen molar-refractivity contribution in [3.05, 3.63) is 21.3 Å². The Bertz CT molecular complexity index is 437. The lowest BCUT2D eigenvalue weighted by Gasteiger charge is -2.12. The first-order valence-electron chi connectivity index (χ1n) is 5.93. The Labute approximate surface area is 126 Å². The van der Waals surface area contributed by atoms with E-state index < -0.39 is 6.09 Å². The van der Waals surface area contributed by atoms with Crippen LogP contribution >= 0.6 is 22.6 Å². The number of benzene rings is 1. The molecule has 1 rings (SSSR count). The van der Waals surface area contributed by atoms with Gasteiger partial charge in [-0.25, -0.2) is 4.79 Å². The van der Waals surface area contributed by atoms with Crippen LogP contribution in [0.25, 0.3) is 0 Å². The molecule has 0 unspecified atom stereocenters. The predicted octanol–water partition coefficient (Wildman–Crippen LogP) is 2.60. The van der Waals surface area contributed by atoms with Crippen LogP contribution in [0.5, 0.6) is 11.5 Å². The van der Waals surface area contributed by atoms with E-state index in [0.717, 1.165) is 9.13 Å². The third kappa shape index (κ3) is 4.77. The molecule has 19 heavy (non-hydrogen) atoms. The van der Waals surface area contributed by atoms with Gasteiger partial charge in [0.2, 0.25) is 0 Å². The molecular weight excluding hydrogens is 361 g/mol. The quantitative estimate of drug-likeness (QED) is 0.773. The molecule has 0 fully saturated rings. The second kappa shape index (κ2) is 8.08. The number of methoxy groups -OCH3 is 2. The van der Waals surface area contributed by atoms with Crippen molar-refractivity contribution in [3.63, 3.8) is 0 Å². The highest BCUT2D eigenvalue weighted by molar-refractivity contribution is 14.1. The third-order valence-electron chi connectivity index (χ3n) is 2.49. The number of amides is 1. The summed E-state index contributed by atoms with van der Waals surface area (Å²) in [4.78, 5) is 11.2. The zero-order valence-corrected chi connectivity index (χ0v) is 13.4. The van der Waals surface area contributed by atoms with Gasteiger partial charge in [0.1, 0.15) is 0 Å². The van der Waals surface area contributed by atoms with Crippen LogP contribution in [0.3, 0.4) is 0 Å². The lowest BCUT2D eigenvalue weighted by atomic mass is 10.1. The number of alkyl carbamates (subject to hydrolysis) is 1. The first-order valence-corrected chi connectivity index (χ1v) is 7.01. The zero-order valence-electron chi connectivity index (χ0n) is 11.3. The molecule has 6 heteroatoms. The molecule has 0 saturated heterocycles. The van der Waals surface area contributed by atoms with Gasteiger partial charge in [0.05, 0.1) is 20.8 Å². The molecule has 0 aliphatic carbocycles. The van der Waals surface area contributed by atoms with Crippen LogP contribution in [0.15, 0.2) is 12.1 Å². The summed E-state index contributed by atoms with van der Waals surface area (Å²) in [5.41, 5.74) is 1.09. The molecule has 106 valence electrons. The number of rotatable bonds is 6. The predicted molar refractivity (Wildman–Crippen MR) is 81.0 cm³/mol. The largest absolute Gasteiger partial charge is 0.493 e. The molecule has 1 amide bonds. The molecule has 5 nitrogen and oxygen atoms in total. The maximum atomic E-state index is 11.2. The fraction of sp³-hybridized carbons (Fsp3) is 0.462. The van der Waals surface area contributed by atoms with E-state index >= 15 is 0 Å². The second-order valence-electron chi connectivity index (χ2n) is 3.70. The molecule has 0 aromatic heterocycles. The van der Waals surface area contributed by atoms with Crippen molar-refractivity contribution in [2.24, 2.45) is 0 Å². The minimum absolute atomic E-state index is 0.375. The second-order valence-corrected chi connectivity index (χ2v) is 4.86. The average molecular weight is 379 g/mol. The number of carbonyl (C=O) groups excluding carboxylic acids is 1. The topological polar surface area (TPSA) is 56.8 Å². The number of ether oxygens (including phenoxy) is 3. The van der Waals surface area contributed by atoms with Crippen molar-refractivity contribution in [1.82, 2.24) is 5.32 Å². The minimum Gasteiger partial charge on any atom is -0.493 e. The fourth-order valence-electron chi connectivity index (χ4n) is 1.57. The molecule has 1 N–H and O–H groups in total. The van der Waals surface area contributed by atoms with E-state index in [4.69, 9.17) is 14.2 Å². The molecule has 0 aliphatic rings. The van der Waals surface area contributed by atoms with Crippen LogP contribution in [-0.2, 0) is 11.2 Å². The number of nitrogens with one attached hydrogen (secondary N) is 1. The molecule has 0 aliphatic heterocycles. The molecule has 0 bridgehead atoms. The first kappa shape index (κ1) is 15.9. The van der Waals surface area contributed by atoms with E-state index in [-0.39, 0.29) is 0 Å². The molecule has 1 aromatic rings. The van der Waals surface area contributed by atoms with Crippen molar-refractivity contribution in [2.45, 2.75) is 13.3 Å². The van der Waals surface area contributed by atoms with Gasteiger partial charge in [-0.05, 0) is 53.6 Å². The smallest absolute Gasteiger partial charge is 0.407 e. The van der Waals surface area contributed by atoms with Gasteiger partial charge in [-0.15, -0.1) is 0 Å². The number of hydrogen-bond donors (Lipinski definition) is 1. The summed E-state index contributed by atoms with van der Waals surface area (Å²) in [6.07, 6.45) is 0.315. The van der Waals surface area contributed by atoms with Crippen LogP contribution in [0, 0.1) is 3.57 Å². The highest BCUT2D eigenvalue weighted by Crippen LogP contribution is 2.31. The Kier molecular flexibility index (Phi) is 6.75. The molecule has 0 heterocycles. The van der Waals surface area contributed by atoms with Gasteiger partial charge in [-0.2, -0.15) is 0 Å². The number of halogens is 1. The van der Waals surface area contributed by atoms with Crippen LogP contribution in [-0.4, -0.2) is 33.5 Å². The van der Waals surface area contributed by atoms with Crippen LogP contribution < -0.4 is 14.8 Å². The van der Waals surface area contributed by atoms with Gasteiger partial charge in [-0.1, -0.05) is 0 Å². The summed E-state index contributed by atoms with van der Waals surface area (Å²) >= 11 is 2.24. The minimum atomic E-state index is -0.391. The van der Waals surface area contributed by atoms with Crippen LogP contribution in [0.2, 0.25) is 0 Å². The highest BCUT2D eigenvalue weighted by Gasteiger charge is 2.09. The van der Waals surface area contributed by atoms with E-state index in [1.807, 2.05) is 12.1 Å². The van der Waals surface area contributed by atoms with E-state index in [9.17, 15) is 4.79 Å². The summed E-state index contributed by atoms with van der Waals surface area (Å²) in [6, 6.07) is 3.84. The Morgan fingerprint density at radius 2 is 1.89 bits per heavy atom. The molecule has 0 radical (unpaired) electrons. The SMILES string of the molecule is CCOC(=O)NCCc1cc(OC)c(OC)cc1I. The lowest BCUT2D eigenvalue weighted by Crippen LogP contribution is -2.26. The van der Waals surface area contributed by atoms with Gasteiger partial charge < -0.3 is 19.5 Å². The van der Waals surface area contributed by atoms with Crippen molar-refractivity contribution >= 4 is 28.7 Å². The van der Waals surface area contributed by atoms with Gasteiger partial charge in [-0.3, -0.25) is 0 Å².